The molecule has 116 valence electrons. The number of carbonyl (C=O) groups excluding carboxylic acids is 1. The van der Waals surface area contributed by atoms with Crippen LogP contribution in [0.15, 0.2) is 0 Å². The summed E-state index contributed by atoms with van der Waals surface area (Å²) in [5.74, 6) is 0.827. The van der Waals surface area contributed by atoms with Gasteiger partial charge in [0.25, 0.3) is 0 Å². The van der Waals surface area contributed by atoms with Crippen LogP contribution >= 0.6 is 0 Å². The molecule has 0 spiro atoms. The summed E-state index contributed by atoms with van der Waals surface area (Å²) in [7, 11) is 0. The molecule has 4 heteroatoms. The molecule has 1 aliphatic heterocycles. The maximum Gasteiger partial charge on any atom is 0.226 e. The first-order valence-corrected chi connectivity index (χ1v) is 7.84. The molecule has 3 atom stereocenters. The highest BCUT2D eigenvalue weighted by atomic mass is 16.5. The predicted octanol–water partition coefficient (Wildman–Crippen LogP) is 2.17. The molecule has 1 amide bonds. The third-order valence-corrected chi connectivity index (χ3v) is 4.53. The molecule has 4 nitrogen and oxygen atoms in total. The third-order valence-electron chi connectivity index (χ3n) is 4.53. The van der Waals surface area contributed by atoms with E-state index in [9.17, 15) is 4.79 Å². The minimum atomic E-state index is -0.272. The maximum atomic E-state index is 12.9. The van der Waals surface area contributed by atoms with Crippen LogP contribution < -0.4 is 5.73 Å². The SMILES string of the molecule is CC1CC(N)CCC1C(=O)N1CC(C)(C)OC(C)(C)C1. The van der Waals surface area contributed by atoms with Crippen LogP contribution in [0.1, 0.15) is 53.9 Å². The van der Waals surface area contributed by atoms with Gasteiger partial charge < -0.3 is 15.4 Å². The first-order chi connectivity index (χ1) is 9.10. The van der Waals surface area contributed by atoms with E-state index in [1.165, 1.54) is 0 Å². The second-order valence-electron chi connectivity index (χ2n) is 7.97. The lowest BCUT2D eigenvalue weighted by molar-refractivity contribution is -0.191. The van der Waals surface area contributed by atoms with Crippen molar-refractivity contribution in [1.82, 2.24) is 4.90 Å². The highest BCUT2D eigenvalue weighted by Gasteiger charge is 2.42. The minimum Gasteiger partial charge on any atom is -0.366 e. The average Bonchev–Trinajstić information content (AvgIpc) is 2.23. The Balaban J connectivity index is 2.08. The van der Waals surface area contributed by atoms with Gasteiger partial charge in [-0.3, -0.25) is 4.79 Å². The van der Waals surface area contributed by atoms with E-state index in [-0.39, 0.29) is 23.2 Å². The molecule has 0 bridgehead atoms. The van der Waals surface area contributed by atoms with Gasteiger partial charge in [-0.25, -0.2) is 0 Å². The van der Waals surface area contributed by atoms with Crippen molar-refractivity contribution in [2.24, 2.45) is 17.6 Å². The second-order valence-corrected chi connectivity index (χ2v) is 7.97. The van der Waals surface area contributed by atoms with Crippen molar-refractivity contribution in [2.75, 3.05) is 13.1 Å². The smallest absolute Gasteiger partial charge is 0.226 e. The predicted molar refractivity (Wildman–Crippen MR) is 80.3 cm³/mol. The number of hydrogen-bond acceptors (Lipinski definition) is 3. The van der Waals surface area contributed by atoms with Crippen molar-refractivity contribution in [3.8, 4) is 0 Å². The van der Waals surface area contributed by atoms with Crippen LogP contribution in [-0.4, -0.2) is 41.1 Å². The lowest BCUT2D eigenvalue weighted by atomic mass is 9.77. The summed E-state index contributed by atoms with van der Waals surface area (Å²) in [6, 6.07) is 0.270. The van der Waals surface area contributed by atoms with Gasteiger partial charge in [-0.1, -0.05) is 6.92 Å². The first-order valence-electron chi connectivity index (χ1n) is 7.84. The van der Waals surface area contributed by atoms with E-state index < -0.39 is 0 Å². The van der Waals surface area contributed by atoms with Gasteiger partial charge in [0, 0.05) is 25.0 Å². The zero-order valence-electron chi connectivity index (χ0n) is 13.6. The molecular weight excluding hydrogens is 252 g/mol. The summed E-state index contributed by atoms with van der Waals surface area (Å²) in [6.45, 7) is 11.8. The van der Waals surface area contributed by atoms with Crippen LogP contribution in [-0.2, 0) is 9.53 Å². The molecule has 2 N–H and O–H groups in total. The molecule has 0 aromatic heterocycles. The van der Waals surface area contributed by atoms with Crippen molar-refractivity contribution >= 4 is 5.91 Å². The first kappa shape index (κ1) is 15.8. The summed E-state index contributed by atoms with van der Waals surface area (Å²) in [4.78, 5) is 14.9. The number of ether oxygens (including phenoxy) is 1. The van der Waals surface area contributed by atoms with E-state index in [0.29, 0.717) is 24.9 Å². The Morgan fingerprint density at radius 1 is 1.15 bits per heavy atom. The van der Waals surface area contributed by atoms with Crippen molar-refractivity contribution in [3.05, 3.63) is 0 Å². The molecule has 0 radical (unpaired) electrons. The van der Waals surface area contributed by atoms with Gasteiger partial charge >= 0.3 is 0 Å². The topological polar surface area (TPSA) is 55.6 Å². The molecule has 3 unspecified atom stereocenters. The van der Waals surface area contributed by atoms with Crippen LogP contribution in [0.3, 0.4) is 0 Å². The quantitative estimate of drug-likeness (QED) is 0.802. The number of carbonyl (C=O) groups is 1. The number of morpholine rings is 1. The van der Waals surface area contributed by atoms with Crippen LogP contribution in [0, 0.1) is 11.8 Å². The third kappa shape index (κ3) is 3.53. The van der Waals surface area contributed by atoms with Gasteiger partial charge in [0.2, 0.25) is 5.91 Å². The zero-order chi connectivity index (χ0) is 15.1. The standard InChI is InChI=1S/C16H30N2O2/c1-11-8-12(17)6-7-13(11)14(19)18-9-15(2,3)20-16(4,5)10-18/h11-13H,6-10,17H2,1-5H3. The number of hydrogen-bond donors (Lipinski definition) is 1. The van der Waals surface area contributed by atoms with E-state index >= 15 is 0 Å². The molecule has 2 fully saturated rings. The van der Waals surface area contributed by atoms with Crippen LogP contribution in [0.4, 0.5) is 0 Å². The maximum absolute atomic E-state index is 12.9. The highest BCUT2D eigenvalue weighted by molar-refractivity contribution is 5.79. The van der Waals surface area contributed by atoms with E-state index in [0.717, 1.165) is 19.3 Å². The largest absolute Gasteiger partial charge is 0.366 e. The summed E-state index contributed by atoms with van der Waals surface area (Å²) >= 11 is 0. The Morgan fingerprint density at radius 2 is 1.70 bits per heavy atom. The summed E-state index contributed by atoms with van der Waals surface area (Å²) in [6.07, 6.45) is 2.87. The molecule has 2 aliphatic rings. The van der Waals surface area contributed by atoms with E-state index in [1.807, 2.05) is 4.90 Å². The fourth-order valence-corrected chi connectivity index (χ4v) is 3.98. The number of nitrogens with two attached hydrogens (primary N) is 1. The van der Waals surface area contributed by atoms with Gasteiger partial charge in [-0.15, -0.1) is 0 Å². The number of amides is 1. The number of nitrogens with zero attached hydrogens (tertiary/aromatic N) is 1. The molecule has 0 aromatic rings. The Hall–Kier alpha value is -0.610. The molecule has 20 heavy (non-hydrogen) atoms. The summed E-state index contributed by atoms with van der Waals surface area (Å²) in [5, 5.41) is 0. The lowest BCUT2D eigenvalue weighted by Gasteiger charge is -2.48. The monoisotopic (exact) mass is 282 g/mol. The molecule has 2 rings (SSSR count). The van der Waals surface area contributed by atoms with E-state index in [4.69, 9.17) is 10.5 Å². The summed E-state index contributed by atoms with van der Waals surface area (Å²) in [5.41, 5.74) is 5.46. The Labute approximate surface area is 123 Å². The van der Waals surface area contributed by atoms with E-state index in [2.05, 4.69) is 34.6 Å². The normalized spacial score (nSPS) is 36.7. The van der Waals surface area contributed by atoms with Crippen molar-refractivity contribution in [2.45, 2.75) is 71.1 Å². The molecule has 0 aromatic carbocycles. The fraction of sp³-hybridized carbons (Fsp3) is 0.938. The van der Waals surface area contributed by atoms with Gasteiger partial charge in [0.05, 0.1) is 11.2 Å². The highest BCUT2D eigenvalue weighted by Crippen LogP contribution is 2.34. The van der Waals surface area contributed by atoms with Gasteiger partial charge in [-0.05, 0) is 52.9 Å². The Morgan fingerprint density at radius 3 is 2.20 bits per heavy atom. The van der Waals surface area contributed by atoms with Gasteiger partial charge in [0.15, 0.2) is 0 Å². The fourth-order valence-electron chi connectivity index (χ4n) is 3.98. The average molecular weight is 282 g/mol. The molecule has 1 saturated heterocycles. The van der Waals surface area contributed by atoms with Crippen LogP contribution in [0.2, 0.25) is 0 Å². The van der Waals surface area contributed by atoms with Gasteiger partial charge in [-0.2, -0.15) is 0 Å². The molecule has 1 aliphatic carbocycles. The minimum absolute atomic E-state index is 0.138. The zero-order valence-corrected chi connectivity index (χ0v) is 13.6. The van der Waals surface area contributed by atoms with Crippen molar-refractivity contribution in [3.63, 3.8) is 0 Å². The molecule has 1 heterocycles. The second kappa shape index (κ2) is 5.30. The lowest BCUT2D eigenvalue weighted by Crippen LogP contribution is -2.60. The van der Waals surface area contributed by atoms with Gasteiger partial charge in [0.1, 0.15) is 0 Å². The number of rotatable bonds is 1. The Kier molecular flexibility index (Phi) is 4.18. The van der Waals surface area contributed by atoms with E-state index in [1.54, 1.807) is 0 Å². The summed E-state index contributed by atoms with van der Waals surface area (Å²) < 4.78 is 6.06. The Bertz CT molecular complexity index is 363. The molecular formula is C16H30N2O2. The van der Waals surface area contributed by atoms with Crippen LogP contribution in [0.5, 0.6) is 0 Å². The van der Waals surface area contributed by atoms with Crippen molar-refractivity contribution in [1.29, 1.82) is 0 Å². The molecule has 1 saturated carbocycles. The van der Waals surface area contributed by atoms with Crippen molar-refractivity contribution < 1.29 is 9.53 Å². The van der Waals surface area contributed by atoms with Crippen LogP contribution in [0.25, 0.3) is 0 Å².